The molecule has 0 spiro atoms. The predicted octanol–water partition coefficient (Wildman–Crippen LogP) is 2.35. The number of rotatable bonds is 3. The maximum Gasteiger partial charge on any atom is 0.216 e. The highest BCUT2D eigenvalue weighted by Gasteiger charge is 2.00. The molecule has 0 aliphatic heterocycles. The van der Waals surface area contributed by atoms with Gasteiger partial charge >= 0.3 is 0 Å². The second-order valence-corrected chi connectivity index (χ2v) is 3.16. The van der Waals surface area contributed by atoms with Gasteiger partial charge in [0, 0.05) is 18.4 Å². The Morgan fingerprint density at radius 3 is 3.07 bits per heavy atom. The van der Waals surface area contributed by atoms with E-state index in [1.54, 1.807) is 0 Å². The molecule has 0 saturated carbocycles. The molecular weight excluding hydrogens is 174 g/mol. The van der Waals surface area contributed by atoms with Gasteiger partial charge < -0.3 is 4.85 Å². The van der Waals surface area contributed by atoms with Crippen LogP contribution >= 0.6 is 0 Å². The average molecular weight is 185 g/mol. The van der Waals surface area contributed by atoms with Gasteiger partial charge in [-0.1, -0.05) is 18.2 Å². The van der Waals surface area contributed by atoms with Gasteiger partial charge in [0.1, 0.15) is 0 Å². The van der Waals surface area contributed by atoms with Gasteiger partial charge in [-0.15, -0.1) is 0 Å². The van der Waals surface area contributed by atoms with E-state index in [0.29, 0.717) is 6.54 Å². The summed E-state index contributed by atoms with van der Waals surface area (Å²) in [6, 6.07) is 8.12. The van der Waals surface area contributed by atoms with Crippen LogP contribution in [-0.2, 0) is 6.54 Å². The molecule has 3 heteroatoms. The van der Waals surface area contributed by atoms with Crippen LogP contribution in [-0.4, -0.2) is 16.3 Å². The molecule has 2 rings (SSSR count). The summed E-state index contributed by atoms with van der Waals surface area (Å²) in [5.41, 5.74) is 1.15. The van der Waals surface area contributed by atoms with Crippen molar-refractivity contribution in [3.63, 3.8) is 0 Å². The summed E-state index contributed by atoms with van der Waals surface area (Å²) < 4.78 is 1.96. The fraction of sp³-hybridized carbons (Fsp3) is 0.273. The van der Waals surface area contributed by atoms with Crippen LogP contribution in [0.15, 0.2) is 30.5 Å². The molecule has 1 aromatic heterocycles. The Hall–Kier alpha value is -1.82. The van der Waals surface area contributed by atoms with Gasteiger partial charge in [-0.3, -0.25) is 4.68 Å². The highest BCUT2D eigenvalue weighted by molar-refractivity contribution is 5.78. The van der Waals surface area contributed by atoms with Crippen molar-refractivity contribution in [1.82, 2.24) is 9.78 Å². The zero-order valence-electron chi connectivity index (χ0n) is 7.85. The average Bonchev–Trinajstić information content (AvgIpc) is 2.63. The number of benzene rings is 1. The largest absolute Gasteiger partial charge is 0.317 e. The Labute approximate surface area is 82.8 Å². The number of fused-ring (bicyclic) bond motifs is 1. The minimum Gasteiger partial charge on any atom is -0.317 e. The Balaban J connectivity index is 2.22. The van der Waals surface area contributed by atoms with Crippen LogP contribution in [0.1, 0.15) is 6.42 Å². The van der Waals surface area contributed by atoms with Crippen molar-refractivity contribution in [3.05, 3.63) is 41.9 Å². The first-order valence-corrected chi connectivity index (χ1v) is 4.65. The molecule has 0 amide bonds. The smallest absolute Gasteiger partial charge is 0.216 e. The van der Waals surface area contributed by atoms with Crippen molar-refractivity contribution >= 4 is 10.9 Å². The van der Waals surface area contributed by atoms with E-state index in [9.17, 15) is 0 Å². The highest BCUT2D eigenvalue weighted by Crippen LogP contribution is 2.12. The molecule has 0 saturated heterocycles. The molecule has 70 valence electrons. The summed E-state index contributed by atoms with van der Waals surface area (Å²) in [4.78, 5) is 3.32. The van der Waals surface area contributed by atoms with Crippen molar-refractivity contribution in [3.8, 4) is 0 Å². The lowest BCUT2D eigenvalue weighted by atomic mass is 10.2. The molecule has 2 aromatic rings. The van der Waals surface area contributed by atoms with E-state index in [1.807, 2.05) is 29.1 Å². The summed E-state index contributed by atoms with van der Waals surface area (Å²) >= 11 is 0. The minimum atomic E-state index is 0.578. The second kappa shape index (κ2) is 3.93. The maximum absolute atomic E-state index is 6.69. The lowest BCUT2D eigenvalue weighted by Crippen LogP contribution is -2.00. The number of hydrogen-bond donors (Lipinski definition) is 0. The molecule has 0 fully saturated rings. The van der Waals surface area contributed by atoms with E-state index in [2.05, 4.69) is 16.0 Å². The SMILES string of the molecule is [C-]#[N+]CCCn1ncc2ccccc21. The molecule has 0 unspecified atom stereocenters. The van der Waals surface area contributed by atoms with Crippen LogP contribution in [0.3, 0.4) is 0 Å². The van der Waals surface area contributed by atoms with Crippen molar-refractivity contribution in [2.75, 3.05) is 6.54 Å². The molecule has 1 aromatic carbocycles. The Bertz CT molecular complexity index is 465. The lowest BCUT2D eigenvalue weighted by Gasteiger charge is -1.99. The molecule has 0 N–H and O–H groups in total. The summed E-state index contributed by atoms with van der Waals surface area (Å²) in [6.07, 6.45) is 2.74. The zero-order valence-corrected chi connectivity index (χ0v) is 7.85. The van der Waals surface area contributed by atoms with E-state index in [4.69, 9.17) is 6.57 Å². The van der Waals surface area contributed by atoms with Crippen molar-refractivity contribution in [2.45, 2.75) is 13.0 Å². The maximum atomic E-state index is 6.69. The zero-order chi connectivity index (χ0) is 9.80. The third kappa shape index (κ3) is 1.60. The Morgan fingerprint density at radius 1 is 1.36 bits per heavy atom. The molecule has 0 bridgehead atoms. The lowest BCUT2D eigenvalue weighted by molar-refractivity contribution is 0.616. The third-order valence-electron chi connectivity index (χ3n) is 2.19. The van der Waals surface area contributed by atoms with E-state index in [-0.39, 0.29) is 0 Å². The van der Waals surface area contributed by atoms with Crippen LogP contribution in [0.4, 0.5) is 0 Å². The van der Waals surface area contributed by atoms with E-state index in [1.165, 1.54) is 0 Å². The van der Waals surface area contributed by atoms with Crippen LogP contribution in [0.2, 0.25) is 0 Å². The Kier molecular flexibility index (Phi) is 2.46. The van der Waals surface area contributed by atoms with Crippen LogP contribution < -0.4 is 0 Å². The topological polar surface area (TPSA) is 22.2 Å². The first-order chi connectivity index (χ1) is 6.92. The summed E-state index contributed by atoms with van der Waals surface area (Å²) in [5.74, 6) is 0. The van der Waals surface area contributed by atoms with Gasteiger partial charge in [0.25, 0.3) is 0 Å². The van der Waals surface area contributed by atoms with Crippen LogP contribution in [0.25, 0.3) is 15.7 Å². The fourth-order valence-corrected chi connectivity index (χ4v) is 1.50. The fourth-order valence-electron chi connectivity index (χ4n) is 1.50. The normalized spacial score (nSPS) is 10.2. The number of hydrogen-bond acceptors (Lipinski definition) is 1. The van der Waals surface area contributed by atoms with Crippen molar-refractivity contribution < 1.29 is 0 Å². The molecule has 0 radical (unpaired) electrons. The molecule has 1 heterocycles. The summed E-state index contributed by atoms with van der Waals surface area (Å²) in [6.45, 7) is 8.10. The number of aromatic nitrogens is 2. The standard InChI is InChI=1S/C11H11N3/c1-12-7-4-8-14-11-6-3-2-5-10(11)9-13-14/h2-3,5-6,9H,4,7-8H2. The monoisotopic (exact) mass is 185 g/mol. The van der Waals surface area contributed by atoms with Gasteiger partial charge in [0.15, 0.2) is 0 Å². The number of aryl methyl sites for hydroxylation is 1. The van der Waals surface area contributed by atoms with Gasteiger partial charge in [0.2, 0.25) is 6.54 Å². The molecule has 0 atom stereocenters. The van der Waals surface area contributed by atoms with Crippen molar-refractivity contribution in [1.29, 1.82) is 0 Å². The van der Waals surface area contributed by atoms with Gasteiger partial charge in [-0.05, 0) is 6.07 Å². The van der Waals surface area contributed by atoms with Crippen molar-refractivity contribution in [2.24, 2.45) is 0 Å². The highest BCUT2D eigenvalue weighted by atomic mass is 15.3. The van der Waals surface area contributed by atoms with E-state index < -0.39 is 0 Å². The molecule has 3 nitrogen and oxygen atoms in total. The third-order valence-corrected chi connectivity index (χ3v) is 2.19. The molecular formula is C11H11N3. The number of para-hydroxylation sites is 1. The molecule has 14 heavy (non-hydrogen) atoms. The van der Waals surface area contributed by atoms with Gasteiger partial charge in [-0.2, -0.15) is 5.10 Å². The number of nitrogens with zero attached hydrogens (tertiary/aromatic N) is 3. The van der Waals surface area contributed by atoms with Crippen LogP contribution in [0, 0.1) is 6.57 Å². The van der Waals surface area contributed by atoms with Gasteiger partial charge in [-0.25, -0.2) is 6.57 Å². The second-order valence-electron chi connectivity index (χ2n) is 3.16. The molecule has 0 aliphatic carbocycles. The first kappa shape index (κ1) is 8.76. The van der Waals surface area contributed by atoms with Crippen LogP contribution in [0.5, 0.6) is 0 Å². The first-order valence-electron chi connectivity index (χ1n) is 4.65. The van der Waals surface area contributed by atoms with Gasteiger partial charge in [0.05, 0.1) is 11.7 Å². The molecule has 0 aliphatic rings. The summed E-state index contributed by atoms with van der Waals surface area (Å²) in [7, 11) is 0. The van der Waals surface area contributed by atoms with E-state index >= 15 is 0 Å². The van der Waals surface area contributed by atoms with E-state index in [0.717, 1.165) is 23.9 Å². The predicted molar refractivity (Wildman–Crippen MR) is 55.8 cm³/mol. The minimum absolute atomic E-state index is 0.578. The summed E-state index contributed by atoms with van der Waals surface area (Å²) in [5, 5.41) is 5.44. The quantitative estimate of drug-likeness (QED) is 0.531. The Morgan fingerprint density at radius 2 is 2.21 bits per heavy atom.